The van der Waals surface area contributed by atoms with Crippen molar-refractivity contribution in [3.63, 3.8) is 0 Å². The van der Waals surface area contributed by atoms with Gasteiger partial charge in [-0.05, 0) is 130 Å². The molecule has 2 aromatic rings. The molecule has 0 aliphatic carbocycles. The first kappa shape index (κ1) is 87.1. The van der Waals surface area contributed by atoms with Crippen LogP contribution in [0.15, 0.2) is 41.8 Å². The number of Topliss-reactive ketones (excluding diaryl/α,β-unsaturated/α-hetero) is 2. The first-order valence-electron chi connectivity index (χ1n) is 32.9. The minimum atomic E-state index is -1.67. The number of hydrogen-bond donors (Lipinski definition) is 16. The third-order valence-electron chi connectivity index (χ3n) is 14.6. The number of aldehydes is 1. The number of primary amides is 1. The van der Waals surface area contributed by atoms with Crippen LogP contribution in [0.3, 0.4) is 0 Å². The van der Waals surface area contributed by atoms with E-state index in [1.165, 1.54) is 49.3 Å². The Kier molecular flexibility index (Phi) is 40.3. The zero-order valence-electron chi connectivity index (χ0n) is 58.9. The largest absolute Gasteiger partial charge is 0.481 e. The van der Waals surface area contributed by atoms with Gasteiger partial charge in [-0.15, -0.1) is 0 Å². The number of hydrogen-bond acceptors (Lipinski definition) is 19. The Labute approximate surface area is 575 Å². The van der Waals surface area contributed by atoms with Crippen molar-refractivity contribution in [1.29, 1.82) is 0 Å². The van der Waals surface area contributed by atoms with Crippen molar-refractivity contribution in [3.8, 4) is 0 Å². The summed E-state index contributed by atoms with van der Waals surface area (Å²) < 4.78 is 0. The zero-order chi connectivity index (χ0) is 73.8. The van der Waals surface area contributed by atoms with Crippen LogP contribution < -0.4 is 71.0 Å². The lowest BCUT2D eigenvalue weighted by molar-refractivity contribution is -0.140. The number of nitrogens with two attached hydrogens (primary N) is 4. The molecule has 30 nitrogen and oxygen atoms in total. The minimum absolute atomic E-state index is 0.0148. The number of carboxylic acids is 1. The second-order valence-electron chi connectivity index (χ2n) is 27.6. The SMILES string of the molecule is CC(C)(C)Cc1cccc(CC(C)(C)C)c1.CSCCC(NC(=O)[C@H](CCCN=C(N)N)NC(=O)C(CCC(=O)O)NC(=O)[C@@H](NC(=O)CCCCN[C@@H](CC(C)C)C(=O)C(=O)[C@H](Cc1cnc[nH]1)NC(=O)C(CC(N)=O)NC(=O)[C@H](CC(C)C)NN)[C@@H](C)O)C(=O)N[C@@H](C)C=O. The van der Waals surface area contributed by atoms with Gasteiger partial charge in [0.1, 0.15) is 42.5 Å². The number of aromatic nitrogens is 2. The van der Waals surface area contributed by atoms with Crippen molar-refractivity contribution < 1.29 is 67.7 Å². The number of nitrogens with zero attached hydrogens (tertiary/aromatic N) is 2. The van der Waals surface area contributed by atoms with E-state index < -0.39 is 145 Å². The number of aliphatic imine (C=N–C) groups is 1. The van der Waals surface area contributed by atoms with Crippen molar-refractivity contribution in [2.75, 3.05) is 25.1 Å². The molecule has 0 fully saturated rings. The number of ketones is 2. The van der Waals surface area contributed by atoms with Crippen LogP contribution in [0.4, 0.5) is 0 Å². The van der Waals surface area contributed by atoms with Crippen molar-refractivity contribution in [2.45, 2.75) is 233 Å². The van der Waals surface area contributed by atoms with Crippen LogP contribution in [0.1, 0.15) is 171 Å². The van der Waals surface area contributed by atoms with E-state index in [0.29, 0.717) is 28.6 Å². The molecule has 0 aliphatic rings. The van der Waals surface area contributed by atoms with Gasteiger partial charge in [-0.25, -0.2) is 10.4 Å². The van der Waals surface area contributed by atoms with E-state index in [0.717, 1.165) is 12.8 Å². The smallest absolute Gasteiger partial charge is 0.303 e. The second-order valence-corrected chi connectivity index (χ2v) is 28.6. The van der Waals surface area contributed by atoms with Crippen LogP contribution in [-0.2, 0) is 76.8 Å². The second kappa shape index (κ2) is 44.9. The highest BCUT2D eigenvalue weighted by Gasteiger charge is 2.37. The van der Waals surface area contributed by atoms with Gasteiger partial charge in [0, 0.05) is 37.7 Å². The first-order chi connectivity index (χ1) is 45.3. The van der Waals surface area contributed by atoms with Gasteiger partial charge in [0.25, 0.3) is 0 Å². The van der Waals surface area contributed by atoms with E-state index in [1.807, 2.05) is 27.7 Å². The molecule has 31 heteroatoms. The van der Waals surface area contributed by atoms with E-state index in [4.69, 9.17) is 23.0 Å². The van der Waals surface area contributed by atoms with Crippen LogP contribution in [0.25, 0.3) is 0 Å². The molecule has 1 heterocycles. The van der Waals surface area contributed by atoms with Gasteiger partial charge in [0.15, 0.2) is 5.96 Å². The van der Waals surface area contributed by atoms with Crippen LogP contribution in [-0.4, -0.2) is 183 Å². The Morgan fingerprint density at radius 2 is 1.14 bits per heavy atom. The molecule has 0 spiro atoms. The van der Waals surface area contributed by atoms with E-state index in [-0.39, 0.29) is 88.7 Å². The summed E-state index contributed by atoms with van der Waals surface area (Å²) in [6, 6.07) is -2.68. The lowest BCUT2D eigenvalue weighted by Crippen LogP contribution is -2.59. The van der Waals surface area contributed by atoms with Gasteiger partial charge >= 0.3 is 5.97 Å². The maximum atomic E-state index is 14.0. The fourth-order valence-electron chi connectivity index (χ4n) is 9.99. The number of aliphatic carboxylic acids is 1. The summed E-state index contributed by atoms with van der Waals surface area (Å²) in [6.45, 7) is 23.8. The highest BCUT2D eigenvalue weighted by molar-refractivity contribution is 7.98. The molecule has 1 aromatic carbocycles. The Balaban J connectivity index is 0.00000255. The average Bonchev–Trinajstić information content (AvgIpc) is 1.81. The molecule has 0 aliphatic heterocycles. The number of unbranched alkanes of at least 4 members (excludes halogenated alkanes) is 1. The molecule has 20 N–H and O–H groups in total. The number of rotatable bonds is 45. The fourth-order valence-corrected chi connectivity index (χ4v) is 10.5. The third-order valence-corrected chi connectivity index (χ3v) is 15.2. The fraction of sp³-hybridized carbons (Fsp3) is 0.667. The number of carbonyl (C=O) groups is 12. The van der Waals surface area contributed by atoms with Crippen LogP contribution >= 0.6 is 11.8 Å². The number of aromatic amines is 1. The Hall–Kier alpha value is -7.87. The summed E-state index contributed by atoms with van der Waals surface area (Å²) in [4.78, 5) is 168. The van der Waals surface area contributed by atoms with Crippen molar-refractivity contribution >= 4 is 88.8 Å². The summed E-state index contributed by atoms with van der Waals surface area (Å²) >= 11 is 1.39. The van der Waals surface area contributed by atoms with Crippen molar-refractivity contribution in [2.24, 2.45) is 50.7 Å². The van der Waals surface area contributed by atoms with Crippen molar-refractivity contribution in [3.05, 3.63) is 53.6 Å². The van der Waals surface area contributed by atoms with Crippen LogP contribution in [0.2, 0.25) is 0 Å². The monoisotopic (exact) mass is 1380 g/mol. The summed E-state index contributed by atoms with van der Waals surface area (Å²) in [6.07, 6.45) is 4.54. The molecule has 0 radical (unpaired) electrons. The number of guanidine groups is 1. The molecule has 3 unspecified atom stereocenters. The summed E-state index contributed by atoms with van der Waals surface area (Å²) in [7, 11) is 0. The van der Waals surface area contributed by atoms with Gasteiger partial charge in [0.05, 0.1) is 37.0 Å². The highest BCUT2D eigenvalue weighted by Crippen LogP contribution is 2.25. The van der Waals surface area contributed by atoms with E-state index in [1.54, 1.807) is 6.26 Å². The Bertz CT molecular complexity index is 2840. The maximum absolute atomic E-state index is 14.0. The number of benzene rings is 1. The lowest BCUT2D eigenvalue weighted by Gasteiger charge is -2.27. The van der Waals surface area contributed by atoms with E-state index in [2.05, 4.69) is 129 Å². The summed E-state index contributed by atoms with van der Waals surface area (Å²) in [5.74, 6) is -4.51. The molecule has 1 aromatic heterocycles. The normalized spacial score (nSPS) is 14.6. The lowest BCUT2D eigenvalue weighted by atomic mass is 9.85. The van der Waals surface area contributed by atoms with E-state index >= 15 is 0 Å². The topological polar surface area (TPSA) is 499 Å². The van der Waals surface area contributed by atoms with Gasteiger partial charge in [-0.1, -0.05) is 93.5 Å². The molecular formula is C66H112N16O14S. The van der Waals surface area contributed by atoms with Crippen LogP contribution in [0, 0.1) is 22.7 Å². The number of carboxylic acid groups (broad SMARTS) is 1. The number of hydrazine groups is 1. The summed E-state index contributed by atoms with van der Waals surface area (Å²) in [5.41, 5.74) is 22.7. The molecule has 97 heavy (non-hydrogen) atoms. The number of H-pyrrole nitrogens is 1. The number of aliphatic hydroxyl groups excluding tert-OH is 1. The van der Waals surface area contributed by atoms with Gasteiger partial charge < -0.3 is 79.7 Å². The Morgan fingerprint density at radius 1 is 0.639 bits per heavy atom. The number of nitrogens with one attached hydrogen (secondary N) is 10. The maximum Gasteiger partial charge on any atom is 0.303 e. The molecular weight excluding hydrogens is 1270 g/mol. The van der Waals surface area contributed by atoms with Gasteiger partial charge in [-0.2, -0.15) is 11.8 Å². The van der Waals surface area contributed by atoms with Gasteiger partial charge in [0.2, 0.25) is 58.8 Å². The first-order valence-corrected chi connectivity index (χ1v) is 34.3. The molecule has 0 saturated carbocycles. The van der Waals surface area contributed by atoms with Gasteiger partial charge in [-0.3, -0.25) is 63.6 Å². The number of amides is 8. The Morgan fingerprint density at radius 3 is 1.64 bits per heavy atom. The molecule has 2 rings (SSSR count). The standard InChI is InChI=1S/C50H86N16O14S.C16H26/c1-26(2)19-34(42(73)43(74)35(21-30-23-55-25-58-30)63-47(78)36(22-38(51)69)64-48(79)37(66-54)20-27(3)4)56-16-9-8-12-39(70)65-41(29(6)68)49(80)62-32(13-14-40(71)72)46(77)60-31(11-10-17-57-50(52)53)45(76)61-33(15-18-81-7)44(75)59-28(5)24-67;1-15(2,3)11-13-8-7-9-14(10-13)12-16(4,5)6/h23-29,31-37,41,56,66,68H,8-22,54H2,1-7H3,(H2,51,69)(H,55,58)(H,59,75)(H,60,77)(H,61,76)(H,62,80)(H,63,78)(H,64,79)(H,65,70)(H,71,72)(H4,52,53,57);7-10H,11-12H2,1-6H3/t28-,29+,31-,32?,33?,34-,35-,36?,37-,41-;/m0./s1. The quantitative estimate of drug-likeness (QED) is 0.00819. The molecule has 0 bridgehead atoms. The summed E-state index contributed by atoms with van der Waals surface area (Å²) in [5, 5.41) is 40.5. The third kappa shape index (κ3) is 38.0. The predicted octanol–water partition coefficient (Wildman–Crippen LogP) is 0.547. The predicted molar refractivity (Wildman–Crippen MR) is 371 cm³/mol. The molecule has 546 valence electrons. The molecule has 8 amide bonds. The molecule has 10 atom stereocenters. The minimum Gasteiger partial charge on any atom is -0.481 e. The number of carbonyl (C=O) groups excluding carboxylic acids is 11. The number of imidazole rings is 1. The van der Waals surface area contributed by atoms with Crippen molar-refractivity contribution in [1.82, 2.24) is 57.9 Å². The highest BCUT2D eigenvalue weighted by atomic mass is 32.2. The van der Waals surface area contributed by atoms with E-state index in [9.17, 15) is 67.7 Å². The molecule has 0 saturated heterocycles. The average molecular weight is 1390 g/mol. The van der Waals surface area contributed by atoms with Crippen LogP contribution in [0.5, 0.6) is 0 Å². The zero-order valence-corrected chi connectivity index (χ0v) is 59.7. The number of aliphatic hydroxyl groups is 1. The number of thioether (sulfide) groups is 1.